The van der Waals surface area contributed by atoms with E-state index in [1.165, 1.54) is 11.3 Å². The first-order valence-electron chi connectivity index (χ1n) is 7.55. The fourth-order valence-corrected chi connectivity index (χ4v) is 3.44. The van der Waals surface area contributed by atoms with Gasteiger partial charge in [0.05, 0.1) is 11.1 Å². The summed E-state index contributed by atoms with van der Waals surface area (Å²) in [6.45, 7) is 0.443. The number of rotatable bonds is 4. The van der Waals surface area contributed by atoms with Crippen LogP contribution in [-0.2, 0) is 6.54 Å². The van der Waals surface area contributed by atoms with Crippen LogP contribution >= 0.6 is 11.3 Å². The molecule has 0 bridgehead atoms. The van der Waals surface area contributed by atoms with Crippen molar-refractivity contribution >= 4 is 27.3 Å². The van der Waals surface area contributed by atoms with Crippen LogP contribution in [0.5, 0.6) is 0 Å². The second-order valence-corrected chi connectivity index (χ2v) is 6.44. The lowest BCUT2D eigenvalue weighted by Gasteiger charge is -2.04. The number of carbonyl (C=O) groups excluding carboxylic acids is 1. The second-order valence-electron chi connectivity index (χ2n) is 5.36. The van der Waals surface area contributed by atoms with Gasteiger partial charge in [0.1, 0.15) is 5.69 Å². The van der Waals surface area contributed by atoms with Gasteiger partial charge in [-0.1, -0.05) is 24.3 Å². The Morgan fingerprint density at radius 2 is 2.04 bits per heavy atom. The number of benzene rings is 1. The Hall–Kier alpha value is -2.92. The molecule has 0 spiro atoms. The Bertz CT molecular complexity index is 939. The zero-order chi connectivity index (χ0) is 16.4. The molecule has 0 fully saturated rings. The van der Waals surface area contributed by atoms with Gasteiger partial charge in [-0.3, -0.25) is 9.78 Å². The van der Waals surface area contributed by atoms with Crippen LogP contribution in [0.3, 0.4) is 0 Å². The molecule has 4 aromatic rings. The second kappa shape index (κ2) is 6.29. The Labute approximate surface area is 142 Å². The Morgan fingerprint density at radius 1 is 1.12 bits per heavy atom. The van der Waals surface area contributed by atoms with Crippen LogP contribution in [0, 0.1) is 0 Å². The molecular formula is C19H14N2O2S. The van der Waals surface area contributed by atoms with Gasteiger partial charge >= 0.3 is 0 Å². The molecule has 5 heteroatoms. The maximum Gasteiger partial charge on any atom is 0.261 e. The van der Waals surface area contributed by atoms with Gasteiger partial charge in [-0.25, -0.2) is 0 Å². The smallest absolute Gasteiger partial charge is 0.261 e. The van der Waals surface area contributed by atoms with Crippen LogP contribution in [-0.4, -0.2) is 10.9 Å². The predicted octanol–water partition coefficient (Wildman–Crippen LogP) is 4.49. The highest BCUT2D eigenvalue weighted by molar-refractivity contribution is 7.20. The summed E-state index contributed by atoms with van der Waals surface area (Å²) >= 11 is 1.50. The van der Waals surface area contributed by atoms with Gasteiger partial charge in [-0.2, -0.15) is 0 Å². The molecule has 118 valence electrons. The number of nitrogens with zero attached hydrogens (tertiary/aromatic N) is 1. The predicted molar refractivity (Wildman–Crippen MR) is 94.9 cm³/mol. The third-order valence-electron chi connectivity index (χ3n) is 3.70. The van der Waals surface area contributed by atoms with Crippen LogP contribution in [0.4, 0.5) is 0 Å². The van der Waals surface area contributed by atoms with Crippen molar-refractivity contribution < 1.29 is 9.21 Å². The first-order valence-corrected chi connectivity index (χ1v) is 8.37. The van der Waals surface area contributed by atoms with E-state index in [0.717, 1.165) is 32.0 Å². The molecule has 0 aliphatic heterocycles. The molecule has 4 nitrogen and oxygen atoms in total. The molecular weight excluding hydrogens is 320 g/mol. The van der Waals surface area contributed by atoms with Crippen LogP contribution in [0.15, 0.2) is 71.5 Å². The largest absolute Gasteiger partial charge is 0.463 e. The first kappa shape index (κ1) is 14.7. The van der Waals surface area contributed by atoms with Gasteiger partial charge < -0.3 is 9.73 Å². The molecule has 3 aromatic heterocycles. The number of aromatic nitrogens is 1. The monoisotopic (exact) mass is 334 g/mol. The zero-order valence-electron chi connectivity index (χ0n) is 12.7. The number of thiophene rings is 1. The van der Waals surface area contributed by atoms with E-state index in [-0.39, 0.29) is 5.91 Å². The first-order chi connectivity index (χ1) is 11.8. The standard InChI is InChI=1S/C19H14N2O2S/c22-19(18-10-14-4-1-2-6-17(14)24-18)21-12-13-7-8-15(20-11-13)16-5-3-9-23-16/h1-11H,12H2,(H,21,22). The Kier molecular flexibility index (Phi) is 3.84. The average Bonchev–Trinajstić information content (AvgIpc) is 3.29. The summed E-state index contributed by atoms with van der Waals surface area (Å²) in [5.74, 6) is 0.669. The lowest BCUT2D eigenvalue weighted by Crippen LogP contribution is -2.21. The van der Waals surface area contributed by atoms with Crippen molar-refractivity contribution in [2.75, 3.05) is 0 Å². The zero-order valence-corrected chi connectivity index (χ0v) is 13.5. The molecule has 0 saturated heterocycles. The molecule has 0 saturated carbocycles. The highest BCUT2D eigenvalue weighted by atomic mass is 32.1. The topological polar surface area (TPSA) is 55.1 Å². The van der Waals surface area contributed by atoms with Crippen molar-refractivity contribution in [2.45, 2.75) is 6.54 Å². The quantitative estimate of drug-likeness (QED) is 0.598. The average molecular weight is 334 g/mol. The molecule has 4 rings (SSSR count). The SMILES string of the molecule is O=C(NCc1ccc(-c2ccco2)nc1)c1cc2ccccc2s1. The van der Waals surface area contributed by atoms with Gasteiger partial charge in [0.2, 0.25) is 0 Å². The van der Waals surface area contributed by atoms with Crippen molar-refractivity contribution in [3.8, 4) is 11.5 Å². The lowest BCUT2D eigenvalue weighted by atomic mass is 10.2. The third kappa shape index (κ3) is 2.94. The lowest BCUT2D eigenvalue weighted by molar-refractivity contribution is 0.0955. The number of furan rings is 1. The maximum absolute atomic E-state index is 12.3. The number of hydrogen-bond acceptors (Lipinski definition) is 4. The van der Waals surface area contributed by atoms with Gasteiger partial charge in [-0.15, -0.1) is 11.3 Å². The fourth-order valence-electron chi connectivity index (χ4n) is 2.46. The number of fused-ring (bicyclic) bond motifs is 1. The third-order valence-corrected chi connectivity index (χ3v) is 4.82. The van der Waals surface area contributed by atoms with E-state index in [2.05, 4.69) is 10.3 Å². The summed E-state index contributed by atoms with van der Waals surface area (Å²) in [6.07, 6.45) is 3.37. The van der Waals surface area contributed by atoms with Gasteiger partial charge in [0.25, 0.3) is 5.91 Å². The van der Waals surface area contributed by atoms with Crippen molar-refractivity contribution in [3.05, 3.63) is 77.5 Å². The van der Waals surface area contributed by atoms with Gasteiger partial charge in [0.15, 0.2) is 5.76 Å². The molecule has 0 aliphatic rings. The van der Waals surface area contributed by atoms with Crippen LogP contribution in [0.25, 0.3) is 21.5 Å². The van der Waals surface area contributed by atoms with E-state index >= 15 is 0 Å². The molecule has 1 N–H and O–H groups in total. The highest BCUT2D eigenvalue weighted by Crippen LogP contribution is 2.25. The summed E-state index contributed by atoms with van der Waals surface area (Å²) < 4.78 is 6.43. The van der Waals surface area contributed by atoms with Crippen molar-refractivity contribution in [3.63, 3.8) is 0 Å². The number of pyridine rings is 1. The van der Waals surface area contributed by atoms with Gasteiger partial charge in [0, 0.05) is 17.4 Å². The molecule has 0 radical (unpaired) electrons. The van der Waals surface area contributed by atoms with E-state index in [9.17, 15) is 4.79 Å². The summed E-state index contributed by atoms with van der Waals surface area (Å²) in [7, 11) is 0. The summed E-state index contributed by atoms with van der Waals surface area (Å²) in [6, 6.07) is 17.4. The minimum absolute atomic E-state index is 0.0636. The Balaban J connectivity index is 1.43. The number of nitrogens with one attached hydrogen (secondary N) is 1. The van der Waals surface area contributed by atoms with E-state index in [4.69, 9.17) is 4.42 Å². The van der Waals surface area contributed by atoms with E-state index in [1.54, 1.807) is 12.5 Å². The highest BCUT2D eigenvalue weighted by Gasteiger charge is 2.10. The molecule has 24 heavy (non-hydrogen) atoms. The summed E-state index contributed by atoms with van der Waals surface area (Å²) in [4.78, 5) is 17.4. The molecule has 0 aliphatic carbocycles. The normalized spacial score (nSPS) is 10.8. The summed E-state index contributed by atoms with van der Waals surface area (Å²) in [5.41, 5.74) is 1.72. The van der Waals surface area contributed by atoms with Crippen molar-refractivity contribution in [1.29, 1.82) is 0 Å². The van der Waals surface area contributed by atoms with Crippen LogP contribution in [0.2, 0.25) is 0 Å². The minimum Gasteiger partial charge on any atom is -0.463 e. The molecule has 0 unspecified atom stereocenters. The molecule has 0 atom stereocenters. The number of amides is 1. The fraction of sp³-hybridized carbons (Fsp3) is 0.0526. The van der Waals surface area contributed by atoms with E-state index in [0.29, 0.717) is 6.54 Å². The van der Waals surface area contributed by atoms with E-state index in [1.807, 2.05) is 54.6 Å². The molecule has 1 aromatic carbocycles. The Morgan fingerprint density at radius 3 is 2.79 bits per heavy atom. The van der Waals surface area contributed by atoms with Crippen molar-refractivity contribution in [1.82, 2.24) is 10.3 Å². The van der Waals surface area contributed by atoms with Crippen molar-refractivity contribution in [2.24, 2.45) is 0 Å². The van der Waals surface area contributed by atoms with Crippen LogP contribution in [0.1, 0.15) is 15.2 Å². The molecule has 1 amide bonds. The number of hydrogen-bond donors (Lipinski definition) is 1. The number of carbonyl (C=O) groups is 1. The summed E-state index contributed by atoms with van der Waals surface area (Å²) in [5, 5.41) is 4.03. The van der Waals surface area contributed by atoms with Gasteiger partial charge in [-0.05, 0) is 41.3 Å². The minimum atomic E-state index is -0.0636. The van der Waals surface area contributed by atoms with Crippen LogP contribution < -0.4 is 5.32 Å². The maximum atomic E-state index is 12.3. The van der Waals surface area contributed by atoms with E-state index < -0.39 is 0 Å². The molecule has 3 heterocycles.